The second-order valence-electron chi connectivity index (χ2n) is 6.39. The van der Waals surface area contributed by atoms with Crippen molar-refractivity contribution in [3.8, 4) is 22.3 Å². The van der Waals surface area contributed by atoms with E-state index in [1.165, 1.54) is 12.8 Å². The summed E-state index contributed by atoms with van der Waals surface area (Å²) in [6.45, 7) is 4.14. The van der Waals surface area contributed by atoms with Gasteiger partial charge in [0.25, 0.3) is 0 Å². The van der Waals surface area contributed by atoms with Gasteiger partial charge >= 0.3 is 0 Å². The molecule has 1 aliphatic rings. The zero-order chi connectivity index (χ0) is 16.3. The lowest BCUT2D eigenvalue weighted by Crippen LogP contribution is -2.08. The Hall–Kier alpha value is -2.41. The van der Waals surface area contributed by atoms with Crippen LogP contribution in [0.25, 0.3) is 33.5 Å². The Morgan fingerprint density at radius 2 is 2.25 bits per heavy atom. The number of imidazole rings is 1. The minimum atomic E-state index is 0.388. The first-order chi connectivity index (χ1) is 11.7. The molecule has 1 saturated carbocycles. The van der Waals surface area contributed by atoms with E-state index < -0.39 is 0 Å². The standard InChI is InChI=1S/C17H17N5OS/c1-9(11-5-6-11)22-16-12(8-18-22)19-15(21-16)14-10(2)23-17(20-14)13-4-3-7-24-13/h3-4,7-9,11H,5-6H2,1-2H3,(H,19,21). The molecule has 0 radical (unpaired) electrons. The minimum absolute atomic E-state index is 0.388. The molecular weight excluding hydrogens is 322 g/mol. The van der Waals surface area contributed by atoms with Crippen molar-refractivity contribution in [2.24, 2.45) is 5.92 Å². The van der Waals surface area contributed by atoms with Crippen molar-refractivity contribution in [1.29, 1.82) is 0 Å². The Bertz CT molecular complexity index is 1010. The van der Waals surface area contributed by atoms with Gasteiger partial charge < -0.3 is 9.40 Å². The van der Waals surface area contributed by atoms with Gasteiger partial charge in [0.05, 0.1) is 17.1 Å². The molecule has 4 aromatic heterocycles. The number of aromatic amines is 1. The van der Waals surface area contributed by atoms with E-state index in [0.29, 0.717) is 11.9 Å². The van der Waals surface area contributed by atoms with Crippen molar-refractivity contribution < 1.29 is 4.42 Å². The summed E-state index contributed by atoms with van der Waals surface area (Å²) in [4.78, 5) is 13.7. The maximum atomic E-state index is 5.83. The number of rotatable bonds is 4. The second kappa shape index (κ2) is 5.04. The lowest BCUT2D eigenvalue weighted by molar-refractivity contribution is 0.451. The molecule has 24 heavy (non-hydrogen) atoms. The van der Waals surface area contributed by atoms with Crippen LogP contribution in [0.15, 0.2) is 28.1 Å². The van der Waals surface area contributed by atoms with Crippen LogP contribution in [-0.4, -0.2) is 24.7 Å². The molecule has 0 saturated heterocycles. The quantitative estimate of drug-likeness (QED) is 0.597. The molecule has 1 unspecified atom stereocenters. The van der Waals surface area contributed by atoms with Crippen LogP contribution in [0.3, 0.4) is 0 Å². The van der Waals surface area contributed by atoms with Crippen LogP contribution >= 0.6 is 11.3 Å². The zero-order valence-corrected chi connectivity index (χ0v) is 14.3. The summed E-state index contributed by atoms with van der Waals surface area (Å²) in [6, 6.07) is 4.39. The summed E-state index contributed by atoms with van der Waals surface area (Å²) in [7, 11) is 0. The van der Waals surface area contributed by atoms with E-state index in [1.807, 2.05) is 35.3 Å². The zero-order valence-electron chi connectivity index (χ0n) is 13.5. The van der Waals surface area contributed by atoms with Crippen molar-refractivity contribution in [1.82, 2.24) is 24.7 Å². The molecule has 1 atom stereocenters. The van der Waals surface area contributed by atoms with Crippen LogP contribution in [-0.2, 0) is 0 Å². The number of hydrogen-bond donors (Lipinski definition) is 1. The van der Waals surface area contributed by atoms with Crippen molar-refractivity contribution in [2.45, 2.75) is 32.7 Å². The highest BCUT2D eigenvalue weighted by molar-refractivity contribution is 7.13. The van der Waals surface area contributed by atoms with Gasteiger partial charge in [-0.2, -0.15) is 5.10 Å². The van der Waals surface area contributed by atoms with Gasteiger partial charge in [0.1, 0.15) is 17.0 Å². The molecule has 4 aromatic rings. The van der Waals surface area contributed by atoms with Gasteiger partial charge in [-0.15, -0.1) is 11.3 Å². The van der Waals surface area contributed by atoms with E-state index >= 15 is 0 Å². The third-order valence-electron chi connectivity index (χ3n) is 4.68. The first-order valence-electron chi connectivity index (χ1n) is 8.15. The Labute approximate surface area is 142 Å². The molecule has 1 N–H and O–H groups in total. The number of aryl methyl sites for hydroxylation is 1. The van der Waals surface area contributed by atoms with E-state index in [-0.39, 0.29) is 0 Å². The van der Waals surface area contributed by atoms with E-state index in [4.69, 9.17) is 9.40 Å². The fourth-order valence-electron chi connectivity index (χ4n) is 3.13. The van der Waals surface area contributed by atoms with Gasteiger partial charge in [-0.25, -0.2) is 14.6 Å². The van der Waals surface area contributed by atoms with Crippen molar-refractivity contribution >= 4 is 22.5 Å². The number of hydrogen-bond acceptors (Lipinski definition) is 5. The molecule has 5 rings (SSSR count). The van der Waals surface area contributed by atoms with Gasteiger partial charge in [0.2, 0.25) is 5.89 Å². The van der Waals surface area contributed by atoms with Gasteiger partial charge in [0, 0.05) is 0 Å². The second-order valence-corrected chi connectivity index (χ2v) is 7.34. The highest BCUT2D eigenvalue weighted by Gasteiger charge is 2.31. The van der Waals surface area contributed by atoms with Gasteiger partial charge in [0.15, 0.2) is 11.5 Å². The summed E-state index contributed by atoms with van der Waals surface area (Å²) in [6.07, 6.45) is 4.42. The highest BCUT2D eigenvalue weighted by Crippen LogP contribution is 2.40. The van der Waals surface area contributed by atoms with Crippen LogP contribution in [0.4, 0.5) is 0 Å². The third kappa shape index (κ3) is 2.11. The molecule has 0 bridgehead atoms. The van der Waals surface area contributed by atoms with Gasteiger partial charge in [-0.1, -0.05) is 6.07 Å². The molecule has 0 spiro atoms. The Morgan fingerprint density at radius 3 is 3.00 bits per heavy atom. The average Bonchev–Trinajstić information content (AvgIpc) is 2.97. The average molecular weight is 339 g/mol. The van der Waals surface area contributed by atoms with Gasteiger partial charge in [-0.3, -0.25) is 0 Å². The van der Waals surface area contributed by atoms with E-state index in [1.54, 1.807) is 11.3 Å². The number of thiophene rings is 1. The first kappa shape index (κ1) is 14.0. The van der Waals surface area contributed by atoms with Crippen molar-refractivity contribution in [3.05, 3.63) is 29.5 Å². The van der Waals surface area contributed by atoms with Crippen LogP contribution in [0.2, 0.25) is 0 Å². The topological polar surface area (TPSA) is 72.5 Å². The normalized spacial score (nSPS) is 16.1. The summed E-state index contributed by atoms with van der Waals surface area (Å²) in [5.41, 5.74) is 2.60. The molecule has 4 heterocycles. The molecule has 7 heteroatoms. The fraction of sp³-hybridized carbons (Fsp3) is 0.353. The molecular formula is C17H17N5OS. The third-order valence-corrected chi connectivity index (χ3v) is 5.54. The summed E-state index contributed by atoms with van der Waals surface area (Å²) >= 11 is 1.62. The van der Waals surface area contributed by atoms with Crippen LogP contribution in [0.5, 0.6) is 0 Å². The summed E-state index contributed by atoms with van der Waals surface area (Å²) in [5, 5.41) is 6.52. The predicted octanol–water partition coefficient (Wildman–Crippen LogP) is 4.42. The van der Waals surface area contributed by atoms with Crippen molar-refractivity contribution in [2.75, 3.05) is 0 Å². The lowest BCUT2D eigenvalue weighted by Gasteiger charge is -2.09. The number of nitrogens with one attached hydrogen (secondary N) is 1. The maximum Gasteiger partial charge on any atom is 0.237 e. The Kier molecular flexibility index (Phi) is 2.94. The number of aromatic nitrogens is 5. The minimum Gasteiger partial charge on any atom is -0.440 e. The monoisotopic (exact) mass is 339 g/mol. The first-order valence-corrected chi connectivity index (χ1v) is 9.03. The van der Waals surface area contributed by atoms with E-state index in [9.17, 15) is 0 Å². The molecule has 1 aliphatic carbocycles. The molecule has 122 valence electrons. The smallest absolute Gasteiger partial charge is 0.237 e. The van der Waals surface area contributed by atoms with Crippen LogP contribution < -0.4 is 0 Å². The number of fused-ring (bicyclic) bond motifs is 1. The SMILES string of the molecule is Cc1oc(-c2cccs2)nc1-c1nc2c(cnn2C(C)C2CC2)[nH]1. The van der Waals surface area contributed by atoms with Crippen LogP contribution in [0.1, 0.15) is 31.6 Å². The number of H-pyrrole nitrogens is 1. The molecule has 6 nitrogen and oxygen atoms in total. The Morgan fingerprint density at radius 1 is 1.38 bits per heavy atom. The van der Waals surface area contributed by atoms with Gasteiger partial charge in [-0.05, 0) is 44.1 Å². The van der Waals surface area contributed by atoms with E-state index in [0.717, 1.165) is 39.2 Å². The molecule has 1 fully saturated rings. The number of nitrogens with zero attached hydrogens (tertiary/aromatic N) is 4. The Balaban J connectivity index is 1.57. The fourth-order valence-corrected chi connectivity index (χ4v) is 3.78. The predicted molar refractivity (Wildman–Crippen MR) is 92.9 cm³/mol. The summed E-state index contributed by atoms with van der Waals surface area (Å²) in [5.74, 6) is 2.88. The molecule has 0 aliphatic heterocycles. The highest BCUT2D eigenvalue weighted by atomic mass is 32.1. The lowest BCUT2D eigenvalue weighted by atomic mass is 10.2. The largest absolute Gasteiger partial charge is 0.440 e. The van der Waals surface area contributed by atoms with Crippen LogP contribution in [0, 0.1) is 12.8 Å². The molecule has 0 amide bonds. The molecule has 0 aromatic carbocycles. The van der Waals surface area contributed by atoms with E-state index in [2.05, 4.69) is 22.0 Å². The maximum absolute atomic E-state index is 5.83. The summed E-state index contributed by atoms with van der Waals surface area (Å²) < 4.78 is 7.86. The number of oxazole rings is 1. The van der Waals surface area contributed by atoms with Crippen molar-refractivity contribution in [3.63, 3.8) is 0 Å².